The molecule has 0 bridgehead atoms. The highest BCUT2D eigenvalue weighted by Gasteiger charge is 2.21. The topological polar surface area (TPSA) is 52.1 Å². The van der Waals surface area contributed by atoms with Gasteiger partial charge in [0.15, 0.2) is 5.96 Å². The molecular weight excluding hydrogens is 302 g/mol. The molecule has 2 rings (SSSR count). The van der Waals surface area contributed by atoms with Crippen molar-refractivity contribution in [2.45, 2.75) is 39.2 Å². The number of aliphatic imine (C=N–C) groups is 1. The molecule has 0 radical (unpaired) electrons. The van der Waals surface area contributed by atoms with E-state index in [1.807, 2.05) is 7.05 Å². The molecule has 0 saturated carbocycles. The zero-order chi connectivity index (χ0) is 17.2. The van der Waals surface area contributed by atoms with Gasteiger partial charge in [0.2, 0.25) is 0 Å². The van der Waals surface area contributed by atoms with Gasteiger partial charge in [0, 0.05) is 39.8 Å². The summed E-state index contributed by atoms with van der Waals surface area (Å²) in [7, 11) is 1.84. The first-order chi connectivity index (χ1) is 11.7. The third-order valence-electron chi connectivity index (χ3n) is 4.71. The SMILES string of the molecule is CN=C(NCCCN1CCCC1)NCC1CN(CC(C)C)CCO1. The Balaban J connectivity index is 1.58. The van der Waals surface area contributed by atoms with Gasteiger partial charge in [0.25, 0.3) is 0 Å². The van der Waals surface area contributed by atoms with Gasteiger partial charge in [-0.3, -0.25) is 9.89 Å². The number of nitrogens with zero attached hydrogens (tertiary/aromatic N) is 3. The molecule has 2 saturated heterocycles. The van der Waals surface area contributed by atoms with Gasteiger partial charge in [-0.15, -0.1) is 0 Å². The zero-order valence-corrected chi connectivity index (χ0v) is 15.9. The van der Waals surface area contributed by atoms with Crippen molar-refractivity contribution in [2.24, 2.45) is 10.9 Å². The van der Waals surface area contributed by atoms with Crippen LogP contribution in [0.4, 0.5) is 0 Å². The monoisotopic (exact) mass is 339 g/mol. The Kier molecular flexibility index (Phi) is 8.84. The van der Waals surface area contributed by atoms with Crippen molar-refractivity contribution in [3.05, 3.63) is 0 Å². The number of nitrogens with one attached hydrogen (secondary N) is 2. The average Bonchev–Trinajstić information content (AvgIpc) is 3.07. The molecule has 0 aromatic heterocycles. The van der Waals surface area contributed by atoms with Crippen LogP contribution in [0.15, 0.2) is 4.99 Å². The Hall–Kier alpha value is -0.850. The van der Waals surface area contributed by atoms with Crippen LogP contribution in [0, 0.1) is 5.92 Å². The number of morpholine rings is 1. The van der Waals surface area contributed by atoms with E-state index in [0.29, 0.717) is 5.92 Å². The first kappa shape index (κ1) is 19.5. The minimum absolute atomic E-state index is 0.251. The van der Waals surface area contributed by atoms with Crippen molar-refractivity contribution in [2.75, 3.05) is 66.0 Å². The lowest BCUT2D eigenvalue weighted by Gasteiger charge is -2.34. The molecular formula is C18H37N5O. The maximum absolute atomic E-state index is 5.88. The van der Waals surface area contributed by atoms with E-state index < -0.39 is 0 Å². The van der Waals surface area contributed by atoms with E-state index >= 15 is 0 Å². The molecule has 1 unspecified atom stereocenters. The number of likely N-dealkylation sites (tertiary alicyclic amines) is 1. The molecule has 1 atom stereocenters. The van der Waals surface area contributed by atoms with Gasteiger partial charge in [-0.2, -0.15) is 0 Å². The molecule has 6 nitrogen and oxygen atoms in total. The normalized spacial score (nSPS) is 23.8. The van der Waals surface area contributed by atoms with Gasteiger partial charge in [0.1, 0.15) is 0 Å². The van der Waals surface area contributed by atoms with Gasteiger partial charge < -0.3 is 20.3 Å². The predicted molar refractivity (Wildman–Crippen MR) is 101 cm³/mol. The molecule has 2 aliphatic rings. The van der Waals surface area contributed by atoms with Gasteiger partial charge in [-0.25, -0.2) is 0 Å². The van der Waals surface area contributed by atoms with Crippen molar-refractivity contribution in [1.29, 1.82) is 0 Å². The summed E-state index contributed by atoms with van der Waals surface area (Å²) in [5, 5.41) is 6.83. The van der Waals surface area contributed by atoms with E-state index in [1.165, 1.54) is 38.9 Å². The lowest BCUT2D eigenvalue weighted by Crippen LogP contribution is -2.50. The molecule has 24 heavy (non-hydrogen) atoms. The number of hydrogen-bond donors (Lipinski definition) is 2. The highest BCUT2D eigenvalue weighted by molar-refractivity contribution is 5.79. The summed E-state index contributed by atoms with van der Waals surface area (Å²) in [5.74, 6) is 1.60. The average molecular weight is 340 g/mol. The molecule has 2 fully saturated rings. The molecule has 0 spiro atoms. The molecule has 2 N–H and O–H groups in total. The summed E-state index contributed by atoms with van der Waals surface area (Å²) >= 11 is 0. The largest absolute Gasteiger partial charge is 0.374 e. The Bertz CT molecular complexity index is 368. The summed E-state index contributed by atoms with van der Waals surface area (Å²) in [6.07, 6.45) is 4.15. The van der Waals surface area contributed by atoms with Crippen LogP contribution in [0.5, 0.6) is 0 Å². The van der Waals surface area contributed by atoms with Crippen LogP contribution in [0.2, 0.25) is 0 Å². The molecule has 0 aromatic rings. The minimum Gasteiger partial charge on any atom is -0.374 e. The third-order valence-corrected chi connectivity index (χ3v) is 4.71. The second kappa shape index (κ2) is 10.9. The maximum atomic E-state index is 5.88. The van der Waals surface area contributed by atoms with Gasteiger partial charge >= 0.3 is 0 Å². The van der Waals surface area contributed by atoms with Crippen molar-refractivity contribution < 1.29 is 4.74 Å². The van der Waals surface area contributed by atoms with E-state index in [-0.39, 0.29) is 6.10 Å². The molecule has 0 aliphatic carbocycles. The summed E-state index contributed by atoms with van der Waals surface area (Å²) in [6.45, 7) is 14.1. The smallest absolute Gasteiger partial charge is 0.191 e. The van der Waals surface area contributed by atoms with E-state index in [0.717, 1.165) is 45.3 Å². The van der Waals surface area contributed by atoms with Crippen LogP contribution in [0.25, 0.3) is 0 Å². The first-order valence-corrected chi connectivity index (χ1v) is 9.68. The summed E-state index contributed by atoms with van der Waals surface area (Å²) in [6, 6.07) is 0. The zero-order valence-electron chi connectivity index (χ0n) is 15.9. The molecule has 140 valence electrons. The van der Waals surface area contributed by atoms with E-state index in [9.17, 15) is 0 Å². The summed E-state index contributed by atoms with van der Waals surface area (Å²) in [5.41, 5.74) is 0. The van der Waals surface area contributed by atoms with Gasteiger partial charge in [-0.05, 0) is 44.8 Å². The Labute approximate surface area is 148 Å². The minimum atomic E-state index is 0.251. The lowest BCUT2D eigenvalue weighted by atomic mass is 10.2. The predicted octanol–water partition coefficient (Wildman–Crippen LogP) is 0.994. The fourth-order valence-corrected chi connectivity index (χ4v) is 3.53. The summed E-state index contributed by atoms with van der Waals surface area (Å²) in [4.78, 5) is 9.38. The van der Waals surface area contributed by atoms with E-state index in [1.54, 1.807) is 0 Å². The molecule has 2 heterocycles. The first-order valence-electron chi connectivity index (χ1n) is 9.68. The fourth-order valence-electron chi connectivity index (χ4n) is 3.53. The van der Waals surface area contributed by atoms with Crippen molar-refractivity contribution in [3.63, 3.8) is 0 Å². The lowest BCUT2D eigenvalue weighted by molar-refractivity contribution is -0.0284. The Morgan fingerprint density at radius 2 is 1.96 bits per heavy atom. The van der Waals surface area contributed by atoms with Crippen molar-refractivity contribution in [1.82, 2.24) is 20.4 Å². The summed E-state index contributed by atoms with van der Waals surface area (Å²) < 4.78 is 5.88. The van der Waals surface area contributed by atoms with E-state index in [2.05, 4.69) is 39.3 Å². The van der Waals surface area contributed by atoms with Crippen LogP contribution >= 0.6 is 0 Å². The van der Waals surface area contributed by atoms with Gasteiger partial charge in [-0.1, -0.05) is 13.8 Å². The highest BCUT2D eigenvalue weighted by atomic mass is 16.5. The number of guanidine groups is 1. The molecule has 2 aliphatic heterocycles. The van der Waals surface area contributed by atoms with Crippen molar-refractivity contribution in [3.8, 4) is 0 Å². The Morgan fingerprint density at radius 1 is 1.17 bits per heavy atom. The second-order valence-electron chi connectivity index (χ2n) is 7.43. The fraction of sp³-hybridized carbons (Fsp3) is 0.944. The van der Waals surface area contributed by atoms with Crippen LogP contribution in [-0.2, 0) is 4.74 Å². The van der Waals surface area contributed by atoms with Gasteiger partial charge in [0.05, 0.1) is 12.7 Å². The van der Waals surface area contributed by atoms with Crippen LogP contribution < -0.4 is 10.6 Å². The van der Waals surface area contributed by atoms with Crippen LogP contribution in [0.1, 0.15) is 33.1 Å². The highest BCUT2D eigenvalue weighted by Crippen LogP contribution is 2.08. The van der Waals surface area contributed by atoms with Crippen LogP contribution in [-0.4, -0.2) is 87.9 Å². The number of ether oxygens (including phenoxy) is 1. The molecule has 0 amide bonds. The standard InChI is InChI=1S/C18H37N5O/c1-16(2)14-23-11-12-24-17(15-23)13-21-18(19-3)20-7-6-10-22-8-4-5-9-22/h16-17H,4-15H2,1-3H3,(H2,19,20,21). The third kappa shape index (κ3) is 7.36. The second-order valence-corrected chi connectivity index (χ2v) is 7.43. The van der Waals surface area contributed by atoms with Crippen molar-refractivity contribution >= 4 is 5.96 Å². The number of hydrogen-bond acceptors (Lipinski definition) is 4. The quantitative estimate of drug-likeness (QED) is 0.392. The molecule has 6 heteroatoms. The number of rotatable bonds is 8. The van der Waals surface area contributed by atoms with E-state index in [4.69, 9.17) is 4.74 Å². The molecule has 0 aromatic carbocycles. The Morgan fingerprint density at radius 3 is 2.67 bits per heavy atom. The maximum Gasteiger partial charge on any atom is 0.191 e. The van der Waals surface area contributed by atoms with Crippen LogP contribution in [0.3, 0.4) is 0 Å².